The van der Waals surface area contributed by atoms with Gasteiger partial charge in [0, 0.05) is 48.7 Å². The highest BCUT2D eigenvalue weighted by Gasteiger charge is 2.27. The number of benzene rings is 1. The van der Waals surface area contributed by atoms with Crippen molar-refractivity contribution in [3.05, 3.63) is 40.8 Å². The van der Waals surface area contributed by atoms with Crippen LogP contribution in [0.2, 0.25) is 0 Å². The Labute approximate surface area is 153 Å². The molecule has 2 aromatic rings. The fraction of sp³-hybridized carbons (Fsp3) is 0.450. The molecule has 4 rings (SSSR count). The van der Waals surface area contributed by atoms with Crippen LogP contribution in [-0.2, 0) is 6.61 Å². The van der Waals surface area contributed by atoms with Crippen molar-refractivity contribution in [2.45, 2.75) is 20.5 Å². The average molecular weight is 356 g/mol. The molecule has 0 unspecified atom stereocenters. The van der Waals surface area contributed by atoms with E-state index in [4.69, 9.17) is 4.74 Å². The highest BCUT2D eigenvalue weighted by atomic mass is 32.1. The first-order chi connectivity index (χ1) is 12.1. The summed E-state index contributed by atoms with van der Waals surface area (Å²) in [6.45, 7) is 9.74. The number of thiophene rings is 1. The van der Waals surface area contributed by atoms with E-state index in [0.29, 0.717) is 12.5 Å². The van der Waals surface area contributed by atoms with Gasteiger partial charge in [-0.3, -0.25) is 9.69 Å². The Balaban J connectivity index is 1.49. The predicted molar refractivity (Wildman–Crippen MR) is 101 cm³/mol. The summed E-state index contributed by atoms with van der Waals surface area (Å²) < 4.78 is 5.81. The fourth-order valence-corrected chi connectivity index (χ4v) is 4.78. The van der Waals surface area contributed by atoms with E-state index in [2.05, 4.69) is 24.8 Å². The van der Waals surface area contributed by atoms with Gasteiger partial charge in [-0.1, -0.05) is 26.0 Å². The van der Waals surface area contributed by atoms with Gasteiger partial charge in [-0.05, 0) is 24.1 Å². The summed E-state index contributed by atoms with van der Waals surface area (Å²) in [4.78, 5) is 19.4. The van der Waals surface area contributed by atoms with Gasteiger partial charge in [-0.15, -0.1) is 11.3 Å². The van der Waals surface area contributed by atoms with E-state index in [-0.39, 0.29) is 5.91 Å². The number of piperazine rings is 1. The molecule has 0 radical (unpaired) electrons. The lowest BCUT2D eigenvalue weighted by molar-refractivity contribution is 0.0628. The van der Waals surface area contributed by atoms with Gasteiger partial charge < -0.3 is 9.64 Å². The summed E-state index contributed by atoms with van der Waals surface area (Å²) in [5, 5.41) is 0. The topological polar surface area (TPSA) is 32.8 Å². The second kappa shape index (κ2) is 6.81. The molecule has 4 nitrogen and oxygen atoms in total. The first-order valence-corrected chi connectivity index (χ1v) is 9.80. The third-order valence-electron chi connectivity index (χ3n) is 4.82. The highest BCUT2D eigenvalue weighted by molar-refractivity contribution is 7.17. The first-order valence-electron chi connectivity index (χ1n) is 8.98. The molecule has 0 spiro atoms. The predicted octanol–water partition coefficient (Wildman–Crippen LogP) is 3.72. The van der Waals surface area contributed by atoms with Gasteiger partial charge in [0.1, 0.15) is 12.4 Å². The lowest BCUT2D eigenvalue weighted by atomic mass is 10.1. The molecular weight excluding hydrogens is 332 g/mol. The van der Waals surface area contributed by atoms with Crippen LogP contribution in [0.4, 0.5) is 0 Å². The molecule has 3 heterocycles. The number of hydrogen-bond acceptors (Lipinski definition) is 4. The molecule has 2 aliphatic heterocycles. The van der Waals surface area contributed by atoms with Crippen LogP contribution in [0.5, 0.6) is 5.75 Å². The van der Waals surface area contributed by atoms with Gasteiger partial charge in [0.25, 0.3) is 5.91 Å². The molecule has 1 aromatic carbocycles. The molecule has 0 N–H and O–H groups in total. The fourth-order valence-electron chi connectivity index (χ4n) is 3.61. The summed E-state index contributed by atoms with van der Waals surface area (Å²) >= 11 is 1.61. The molecule has 0 atom stereocenters. The summed E-state index contributed by atoms with van der Waals surface area (Å²) in [6.07, 6.45) is 0. The lowest BCUT2D eigenvalue weighted by Crippen LogP contribution is -2.49. The van der Waals surface area contributed by atoms with Crippen molar-refractivity contribution < 1.29 is 9.53 Å². The van der Waals surface area contributed by atoms with Crippen LogP contribution in [0.3, 0.4) is 0 Å². The molecule has 1 amide bonds. The minimum Gasteiger partial charge on any atom is -0.488 e. The summed E-state index contributed by atoms with van der Waals surface area (Å²) in [7, 11) is 0. The van der Waals surface area contributed by atoms with Crippen LogP contribution in [0.15, 0.2) is 30.3 Å². The van der Waals surface area contributed by atoms with Crippen LogP contribution in [-0.4, -0.2) is 48.4 Å². The smallest absolute Gasteiger partial charge is 0.264 e. The zero-order chi connectivity index (χ0) is 17.4. The molecule has 0 aliphatic carbocycles. The monoisotopic (exact) mass is 356 g/mol. The number of carbonyl (C=O) groups is 1. The number of nitrogens with zero attached hydrogens (tertiary/aromatic N) is 2. The van der Waals surface area contributed by atoms with Crippen molar-refractivity contribution in [2.24, 2.45) is 5.92 Å². The first kappa shape index (κ1) is 16.6. The van der Waals surface area contributed by atoms with Crippen LogP contribution >= 0.6 is 11.3 Å². The van der Waals surface area contributed by atoms with Crippen LogP contribution < -0.4 is 4.74 Å². The number of carbonyl (C=O) groups excluding carboxylic acids is 1. The van der Waals surface area contributed by atoms with E-state index >= 15 is 0 Å². The van der Waals surface area contributed by atoms with Crippen molar-refractivity contribution in [3.8, 4) is 16.2 Å². The summed E-state index contributed by atoms with van der Waals surface area (Å²) in [6, 6.07) is 10.1. The highest BCUT2D eigenvalue weighted by Crippen LogP contribution is 2.42. The molecule has 132 valence electrons. The van der Waals surface area contributed by atoms with Crippen molar-refractivity contribution in [3.63, 3.8) is 0 Å². The largest absolute Gasteiger partial charge is 0.488 e. The second-order valence-electron chi connectivity index (χ2n) is 7.24. The Morgan fingerprint density at radius 3 is 2.72 bits per heavy atom. The molecule has 25 heavy (non-hydrogen) atoms. The molecule has 0 saturated carbocycles. The quantitative estimate of drug-likeness (QED) is 0.840. The molecule has 5 heteroatoms. The third-order valence-corrected chi connectivity index (χ3v) is 6.02. The van der Waals surface area contributed by atoms with Crippen molar-refractivity contribution in [1.29, 1.82) is 0 Å². The van der Waals surface area contributed by atoms with E-state index in [1.54, 1.807) is 11.3 Å². The van der Waals surface area contributed by atoms with Gasteiger partial charge in [-0.25, -0.2) is 0 Å². The molecule has 1 aromatic heterocycles. The molecule has 1 saturated heterocycles. The Morgan fingerprint density at radius 2 is 1.96 bits per heavy atom. The maximum Gasteiger partial charge on any atom is 0.264 e. The van der Waals surface area contributed by atoms with Crippen molar-refractivity contribution in [2.75, 3.05) is 32.7 Å². The van der Waals surface area contributed by atoms with Crippen molar-refractivity contribution >= 4 is 17.2 Å². The third kappa shape index (κ3) is 3.31. The number of amides is 1. The maximum atomic E-state index is 12.9. The van der Waals surface area contributed by atoms with E-state index < -0.39 is 0 Å². The molecule has 1 fully saturated rings. The number of ether oxygens (including phenoxy) is 1. The normalized spacial score (nSPS) is 17.2. The number of hydrogen-bond donors (Lipinski definition) is 0. The minimum absolute atomic E-state index is 0.168. The average Bonchev–Trinajstić information content (AvgIpc) is 3.06. The van der Waals surface area contributed by atoms with Crippen LogP contribution in [0.1, 0.15) is 29.1 Å². The number of rotatable bonds is 3. The zero-order valence-electron chi connectivity index (χ0n) is 14.8. The van der Waals surface area contributed by atoms with Gasteiger partial charge in [0.05, 0.1) is 4.88 Å². The van der Waals surface area contributed by atoms with E-state index in [1.165, 1.54) is 4.88 Å². The summed E-state index contributed by atoms with van der Waals surface area (Å²) in [5.74, 6) is 1.76. The Morgan fingerprint density at radius 1 is 1.20 bits per heavy atom. The molecule has 0 bridgehead atoms. The molecule has 2 aliphatic rings. The van der Waals surface area contributed by atoms with E-state index in [0.717, 1.165) is 54.5 Å². The lowest BCUT2D eigenvalue weighted by Gasteiger charge is -2.35. The SMILES string of the molecule is CC(C)CN1CCN(C(=O)c2cc3c(s2)-c2ccccc2OC3)CC1. The second-order valence-corrected chi connectivity index (χ2v) is 8.29. The summed E-state index contributed by atoms with van der Waals surface area (Å²) in [5.41, 5.74) is 2.24. The van der Waals surface area contributed by atoms with E-state index in [9.17, 15) is 4.79 Å². The Hall–Kier alpha value is -1.85. The standard InChI is InChI=1S/C20H24N2O2S/c1-14(2)12-21-7-9-22(10-8-21)20(23)18-11-15-13-24-17-6-4-3-5-16(17)19(15)25-18/h3-6,11,14H,7-10,12-13H2,1-2H3. The van der Waals surface area contributed by atoms with E-state index in [1.807, 2.05) is 29.2 Å². The zero-order valence-corrected chi connectivity index (χ0v) is 15.6. The Bertz CT molecular complexity index is 776. The molecular formula is C20H24N2O2S. The number of fused-ring (bicyclic) bond motifs is 3. The van der Waals surface area contributed by atoms with Crippen molar-refractivity contribution in [1.82, 2.24) is 9.80 Å². The van der Waals surface area contributed by atoms with Crippen LogP contribution in [0, 0.1) is 5.92 Å². The van der Waals surface area contributed by atoms with Gasteiger partial charge in [0.15, 0.2) is 0 Å². The minimum atomic E-state index is 0.168. The van der Waals surface area contributed by atoms with Gasteiger partial charge >= 0.3 is 0 Å². The Kier molecular flexibility index (Phi) is 4.52. The maximum absolute atomic E-state index is 12.9. The van der Waals surface area contributed by atoms with Gasteiger partial charge in [0.2, 0.25) is 0 Å². The van der Waals surface area contributed by atoms with Crippen LogP contribution in [0.25, 0.3) is 10.4 Å². The van der Waals surface area contributed by atoms with Gasteiger partial charge in [-0.2, -0.15) is 0 Å². The number of para-hydroxylation sites is 1.